The normalized spacial score (nSPS) is 12.9. The predicted molar refractivity (Wildman–Crippen MR) is 217 cm³/mol. The van der Waals surface area contributed by atoms with Crippen molar-refractivity contribution in [3.63, 3.8) is 0 Å². The van der Waals surface area contributed by atoms with Crippen LogP contribution in [0.1, 0.15) is 50.4 Å². The van der Waals surface area contributed by atoms with Crippen molar-refractivity contribution in [3.05, 3.63) is 250 Å². The van der Waals surface area contributed by atoms with E-state index < -0.39 is 34.7 Å². The van der Waals surface area contributed by atoms with Crippen molar-refractivity contribution in [1.82, 2.24) is 0 Å². The van der Waals surface area contributed by atoms with E-state index in [4.69, 9.17) is 0 Å². The molecule has 0 aliphatic heterocycles. The molecule has 1 atom stereocenters. The van der Waals surface area contributed by atoms with E-state index in [1.807, 2.05) is 134 Å². The van der Waals surface area contributed by atoms with Gasteiger partial charge in [-0.05, 0) is 69.8 Å². The van der Waals surface area contributed by atoms with Crippen molar-refractivity contribution in [2.45, 2.75) is 24.4 Å². The molecule has 281 valence electrons. The average molecular weight is 760 g/mol. The molecule has 6 heteroatoms. The third-order valence-corrected chi connectivity index (χ3v) is 10.8. The molecule has 1 N–H and O–H groups in total. The van der Waals surface area contributed by atoms with Crippen LogP contribution in [0.2, 0.25) is 0 Å². The Morgan fingerprint density at radius 1 is 0.544 bits per heavy atom. The summed E-state index contributed by atoms with van der Waals surface area (Å²) in [6.45, 7) is 1.92. The molecule has 8 aromatic rings. The third kappa shape index (κ3) is 6.97. The maximum Gasteiger partial charge on any atom is 0.416 e. The van der Waals surface area contributed by atoms with Crippen LogP contribution < -0.4 is 0 Å². The smallest absolute Gasteiger partial charge is 0.416 e. The zero-order chi connectivity index (χ0) is 39.7. The molecule has 0 saturated carbocycles. The second-order valence-electron chi connectivity index (χ2n) is 14.3. The molecule has 1 nitrogen and oxygen atoms in total. The molecule has 8 aromatic carbocycles. The average Bonchev–Trinajstić information content (AvgIpc) is 3.22. The van der Waals surface area contributed by atoms with Crippen LogP contribution in [0.25, 0.3) is 21.9 Å². The number of aromatic hydroxyl groups is 1. The van der Waals surface area contributed by atoms with Gasteiger partial charge in [0.1, 0.15) is 17.4 Å². The Morgan fingerprint density at radius 3 is 1.75 bits per heavy atom. The van der Waals surface area contributed by atoms with Crippen LogP contribution in [0, 0.1) is 24.5 Å². The second-order valence-corrected chi connectivity index (χ2v) is 14.3. The summed E-state index contributed by atoms with van der Waals surface area (Å²) in [5, 5.41) is 14.9. The lowest BCUT2D eigenvalue weighted by Gasteiger charge is -2.48. The van der Waals surface area contributed by atoms with Crippen LogP contribution >= 0.6 is 0 Å². The Bertz CT molecular complexity index is 2610. The van der Waals surface area contributed by atoms with Gasteiger partial charge < -0.3 is 5.11 Å². The lowest BCUT2D eigenvalue weighted by molar-refractivity contribution is -0.137. The van der Waals surface area contributed by atoms with Gasteiger partial charge in [-0.25, -0.2) is 8.78 Å². The molecule has 57 heavy (non-hydrogen) atoms. The zero-order valence-corrected chi connectivity index (χ0v) is 30.8. The first-order valence-electron chi connectivity index (χ1n) is 18.5. The van der Waals surface area contributed by atoms with Crippen LogP contribution in [0.3, 0.4) is 0 Å². The summed E-state index contributed by atoms with van der Waals surface area (Å²) < 4.78 is 74.7. The number of alkyl halides is 3. The number of fused-ring (bicyclic) bond motifs is 1. The van der Waals surface area contributed by atoms with Gasteiger partial charge in [0.15, 0.2) is 0 Å². The number of phenolic OH excluding ortho intramolecular Hbond substituents is 1. The number of benzene rings is 8. The van der Waals surface area contributed by atoms with E-state index in [1.165, 1.54) is 24.3 Å². The van der Waals surface area contributed by atoms with Crippen molar-refractivity contribution in [2.24, 2.45) is 0 Å². The molecule has 0 bridgehead atoms. The fraction of sp³-hybridized carbons (Fsp3) is 0.0784. The Balaban J connectivity index is 1.59. The quantitative estimate of drug-likeness (QED) is 0.145. The molecule has 0 saturated heterocycles. The molecule has 0 amide bonds. The molecule has 0 aliphatic carbocycles. The SMILES string of the molecule is Cc1ccc([C](c2ccc(F)cc2F)C(c2ccc(C(F)(F)F)cc2)(c2cccc(-c3ccc4ccccc4c3)c2O)C(c2ccccc2)c2ccccc2)cc1. The Morgan fingerprint density at radius 2 is 1.14 bits per heavy atom. The monoisotopic (exact) mass is 759 g/mol. The van der Waals surface area contributed by atoms with E-state index in [-0.39, 0.29) is 11.3 Å². The molecule has 1 unspecified atom stereocenters. The molecular formula is C51H36F5O. The fourth-order valence-electron chi connectivity index (χ4n) is 8.27. The summed E-state index contributed by atoms with van der Waals surface area (Å²) >= 11 is 0. The first-order valence-corrected chi connectivity index (χ1v) is 18.5. The summed E-state index contributed by atoms with van der Waals surface area (Å²) in [6.07, 6.45) is -4.65. The van der Waals surface area contributed by atoms with E-state index in [2.05, 4.69) is 0 Å². The Hall–Kier alpha value is -6.53. The molecule has 1 radical (unpaired) electrons. The van der Waals surface area contributed by atoms with Gasteiger partial charge in [-0.3, -0.25) is 0 Å². The van der Waals surface area contributed by atoms with E-state index in [0.717, 1.165) is 45.7 Å². The van der Waals surface area contributed by atoms with E-state index in [9.17, 15) is 22.7 Å². The highest BCUT2D eigenvalue weighted by Crippen LogP contribution is 2.60. The van der Waals surface area contributed by atoms with Crippen LogP contribution in [0.15, 0.2) is 188 Å². The fourth-order valence-corrected chi connectivity index (χ4v) is 8.27. The molecule has 8 rings (SSSR count). The van der Waals surface area contributed by atoms with Gasteiger partial charge in [-0.1, -0.05) is 163 Å². The summed E-state index contributed by atoms with van der Waals surface area (Å²) in [4.78, 5) is 0. The third-order valence-electron chi connectivity index (χ3n) is 10.8. The molecule has 0 fully saturated rings. The Labute approximate surface area is 328 Å². The van der Waals surface area contributed by atoms with Gasteiger partial charge >= 0.3 is 6.18 Å². The lowest BCUT2D eigenvalue weighted by atomic mass is 9.52. The number of phenols is 1. The summed E-state index contributed by atoms with van der Waals surface area (Å²) in [5.74, 6) is -2.29. The maximum atomic E-state index is 16.8. The largest absolute Gasteiger partial charge is 0.507 e. The standard InChI is InChI=1S/C51H36F5O/c1-33-19-21-37(22-20-33)48(44-30-29-42(52)32-46(44)53)50(40-25-27-41(28-26-40)51(54,55)56,47(35-12-4-2-5-13-35)36-14-6-3-7-15-36)45-18-10-17-43(49(45)57)39-24-23-34-11-8-9-16-38(34)31-39/h2-32,47,57H,1H3. The lowest BCUT2D eigenvalue weighted by Crippen LogP contribution is -2.43. The highest BCUT2D eigenvalue weighted by molar-refractivity contribution is 5.89. The first kappa shape index (κ1) is 37.4. The number of hydrogen-bond donors (Lipinski definition) is 1. The van der Waals surface area contributed by atoms with Crippen molar-refractivity contribution in [1.29, 1.82) is 0 Å². The van der Waals surface area contributed by atoms with E-state index in [0.29, 0.717) is 33.7 Å². The van der Waals surface area contributed by atoms with Gasteiger partial charge in [0.05, 0.1) is 11.5 Å². The summed E-state index contributed by atoms with van der Waals surface area (Å²) in [7, 11) is 0. The highest BCUT2D eigenvalue weighted by atomic mass is 19.4. The minimum Gasteiger partial charge on any atom is -0.507 e. The zero-order valence-electron chi connectivity index (χ0n) is 30.8. The van der Waals surface area contributed by atoms with Crippen LogP contribution in [0.4, 0.5) is 22.0 Å². The number of halogens is 5. The van der Waals surface area contributed by atoms with Crippen LogP contribution in [-0.4, -0.2) is 5.11 Å². The van der Waals surface area contributed by atoms with Gasteiger partial charge in [0.2, 0.25) is 0 Å². The van der Waals surface area contributed by atoms with Gasteiger partial charge in [0.25, 0.3) is 0 Å². The molecule has 0 heterocycles. The molecular weight excluding hydrogens is 724 g/mol. The van der Waals surface area contributed by atoms with Crippen molar-refractivity contribution >= 4 is 10.8 Å². The van der Waals surface area contributed by atoms with E-state index >= 15 is 4.39 Å². The van der Waals surface area contributed by atoms with Crippen molar-refractivity contribution < 1.29 is 27.1 Å². The second kappa shape index (κ2) is 15.2. The van der Waals surface area contributed by atoms with Crippen LogP contribution in [-0.2, 0) is 11.6 Å². The molecule has 0 aromatic heterocycles. The highest BCUT2D eigenvalue weighted by Gasteiger charge is 2.53. The number of aryl methyl sites for hydroxylation is 1. The molecule has 0 aliphatic rings. The van der Waals surface area contributed by atoms with Gasteiger partial charge in [-0.15, -0.1) is 0 Å². The van der Waals surface area contributed by atoms with Crippen molar-refractivity contribution in [2.75, 3.05) is 0 Å². The minimum absolute atomic E-state index is 0.0209. The molecule has 0 spiro atoms. The van der Waals surface area contributed by atoms with Gasteiger partial charge in [0, 0.05) is 34.1 Å². The summed E-state index contributed by atoms with van der Waals surface area (Å²) in [5.41, 5.74) is 2.22. The predicted octanol–water partition coefficient (Wildman–Crippen LogP) is 13.6. The van der Waals surface area contributed by atoms with Gasteiger partial charge in [-0.2, -0.15) is 13.2 Å². The minimum atomic E-state index is -4.65. The topological polar surface area (TPSA) is 20.2 Å². The summed E-state index contributed by atoms with van der Waals surface area (Å²) in [6, 6.07) is 53.7. The van der Waals surface area contributed by atoms with Crippen molar-refractivity contribution in [3.8, 4) is 16.9 Å². The maximum absolute atomic E-state index is 16.8. The first-order chi connectivity index (χ1) is 27.6. The Kier molecular flexibility index (Phi) is 9.97. The number of rotatable bonds is 9. The number of hydrogen-bond acceptors (Lipinski definition) is 1. The van der Waals surface area contributed by atoms with Crippen LogP contribution in [0.5, 0.6) is 5.75 Å². The number of para-hydroxylation sites is 1. The van der Waals surface area contributed by atoms with E-state index in [1.54, 1.807) is 18.2 Å².